The summed E-state index contributed by atoms with van der Waals surface area (Å²) in [4.78, 5) is 0. The van der Waals surface area contributed by atoms with E-state index in [1.54, 1.807) is 0 Å². The Morgan fingerprint density at radius 3 is 2.00 bits per heavy atom. The maximum atomic E-state index is 11.7. The average molecular weight is 200 g/mol. The van der Waals surface area contributed by atoms with Gasteiger partial charge in [-0.25, -0.2) is 0 Å². The molecule has 0 unspecified atom stereocenters. The van der Waals surface area contributed by atoms with Gasteiger partial charge in [0.2, 0.25) is 0 Å². The van der Waals surface area contributed by atoms with Gasteiger partial charge in [0, 0.05) is 12.8 Å². The second kappa shape index (κ2) is 12.4. The Hall–Kier alpha value is -0.550. The van der Waals surface area contributed by atoms with Crippen molar-refractivity contribution in [2.24, 2.45) is 0 Å². The number of aliphatic hydroxyl groups is 1. The maximum absolute atomic E-state index is 11.7. The Balaban J connectivity index is 2.96. The lowest BCUT2D eigenvalue weighted by Crippen LogP contribution is -1.81. The molecule has 0 aliphatic carbocycles. The van der Waals surface area contributed by atoms with Crippen LogP contribution in [0.1, 0.15) is 51.4 Å². The second-order valence-electron chi connectivity index (χ2n) is 3.39. The third kappa shape index (κ3) is 11.4. The summed E-state index contributed by atoms with van der Waals surface area (Å²) in [5.41, 5.74) is 0. The van der Waals surface area contributed by atoms with Crippen LogP contribution < -0.4 is 0 Å². The molecule has 0 rings (SSSR count). The van der Waals surface area contributed by atoms with E-state index >= 15 is 0 Å². The molecular weight excluding hydrogens is 179 g/mol. The fourth-order valence-corrected chi connectivity index (χ4v) is 1.25. The van der Waals surface area contributed by atoms with Crippen molar-refractivity contribution >= 4 is 0 Å². The molecule has 14 heavy (non-hydrogen) atoms. The summed E-state index contributed by atoms with van der Waals surface area (Å²) in [6, 6.07) is 0. The largest absolute Gasteiger partial charge is 0.395 e. The maximum Gasteiger partial charge on any atom is 0.0894 e. The lowest BCUT2D eigenvalue weighted by Gasteiger charge is -1.97. The fourth-order valence-electron chi connectivity index (χ4n) is 1.25. The van der Waals surface area contributed by atoms with E-state index < -0.39 is 0 Å². The van der Waals surface area contributed by atoms with Gasteiger partial charge in [-0.3, -0.25) is 4.39 Å². The molecule has 0 atom stereocenters. The third-order valence-electron chi connectivity index (χ3n) is 2.05. The molecule has 0 spiro atoms. The first-order valence-electron chi connectivity index (χ1n) is 5.54. The van der Waals surface area contributed by atoms with Crippen LogP contribution in [0, 0.1) is 11.8 Å². The highest BCUT2D eigenvalue weighted by atomic mass is 19.1. The number of halogens is 1. The zero-order valence-corrected chi connectivity index (χ0v) is 8.90. The van der Waals surface area contributed by atoms with E-state index in [0.29, 0.717) is 6.42 Å². The molecule has 2 heteroatoms. The molecule has 0 amide bonds. The Kier molecular flexibility index (Phi) is 12.0. The average Bonchev–Trinajstić information content (AvgIpc) is 2.21. The van der Waals surface area contributed by atoms with Crippen LogP contribution in [0.3, 0.4) is 0 Å². The van der Waals surface area contributed by atoms with Crippen LogP contribution in [0.5, 0.6) is 0 Å². The number of hydrogen-bond acceptors (Lipinski definition) is 1. The van der Waals surface area contributed by atoms with Crippen molar-refractivity contribution in [3.8, 4) is 11.8 Å². The molecule has 0 bridgehead atoms. The zero-order chi connectivity index (χ0) is 10.5. The molecule has 0 saturated heterocycles. The van der Waals surface area contributed by atoms with Gasteiger partial charge in [-0.05, 0) is 12.8 Å². The molecule has 0 aromatic rings. The van der Waals surface area contributed by atoms with Crippen LogP contribution in [0.4, 0.5) is 4.39 Å². The van der Waals surface area contributed by atoms with E-state index in [1.165, 1.54) is 12.8 Å². The molecule has 1 nitrogen and oxygen atoms in total. The first-order chi connectivity index (χ1) is 6.91. The normalized spacial score (nSPS) is 9.57. The first-order valence-corrected chi connectivity index (χ1v) is 5.54. The number of rotatable bonds is 8. The van der Waals surface area contributed by atoms with E-state index in [9.17, 15) is 4.39 Å². The topological polar surface area (TPSA) is 20.2 Å². The van der Waals surface area contributed by atoms with E-state index in [2.05, 4.69) is 11.8 Å². The smallest absolute Gasteiger partial charge is 0.0894 e. The van der Waals surface area contributed by atoms with Crippen LogP contribution in [0.15, 0.2) is 0 Å². The number of hydrogen-bond donors (Lipinski definition) is 1. The van der Waals surface area contributed by atoms with Crippen LogP contribution in [0.2, 0.25) is 0 Å². The van der Waals surface area contributed by atoms with Crippen LogP contribution in [-0.4, -0.2) is 18.4 Å². The fraction of sp³-hybridized carbons (Fsp3) is 0.833. The van der Waals surface area contributed by atoms with Gasteiger partial charge < -0.3 is 5.11 Å². The Morgan fingerprint density at radius 1 is 0.786 bits per heavy atom. The highest BCUT2D eigenvalue weighted by Gasteiger charge is 1.89. The predicted molar refractivity (Wildman–Crippen MR) is 57.8 cm³/mol. The minimum Gasteiger partial charge on any atom is -0.395 e. The van der Waals surface area contributed by atoms with Crippen LogP contribution in [-0.2, 0) is 0 Å². The zero-order valence-electron chi connectivity index (χ0n) is 8.90. The molecule has 0 saturated carbocycles. The molecule has 0 fully saturated rings. The molecule has 0 aliphatic heterocycles. The highest BCUT2D eigenvalue weighted by Crippen LogP contribution is 2.06. The van der Waals surface area contributed by atoms with Crippen LogP contribution >= 0.6 is 0 Å². The van der Waals surface area contributed by atoms with E-state index in [0.717, 1.165) is 32.1 Å². The van der Waals surface area contributed by atoms with Gasteiger partial charge >= 0.3 is 0 Å². The standard InChI is InChI=1S/C12H21FO/c13-11-9-7-5-3-1-2-4-6-8-10-12-14/h14H,1-5,7,9-12H2. The van der Waals surface area contributed by atoms with Crippen molar-refractivity contribution < 1.29 is 9.50 Å². The summed E-state index contributed by atoms with van der Waals surface area (Å²) < 4.78 is 11.7. The van der Waals surface area contributed by atoms with Gasteiger partial charge in [-0.1, -0.05) is 25.7 Å². The summed E-state index contributed by atoms with van der Waals surface area (Å²) in [5.74, 6) is 5.92. The van der Waals surface area contributed by atoms with Crippen molar-refractivity contribution in [2.45, 2.75) is 51.4 Å². The monoisotopic (exact) mass is 200 g/mol. The van der Waals surface area contributed by atoms with Gasteiger partial charge in [0.25, 0.3) is 0 Å². The molecule has 0 heterocycles. The lowest BCUT2D eigenvalue weighted by molar-refractivity contribution is 0.305. The Labute approximate surface area is 86.7 Å². The van der Waals surface area contributed by atoms with Crippen molar-refractivity contribution in [1.29, 1.82) is 0 Å². The minimum absolute atomic E-state index is 0.163. The molecule has 0 aromatic heterocycles. The van der Waals surface area contributed by atoms with Gasteiger partial charge in [0.05, 0.1) is 13.3 Å². The summed E-state index contributed by atoms with van der Waals surface area (Å²) in [6.45, 7) is -0.0110. The SMILES string of the molecule is OCCC#CCCCCCCCCF. The van der Waals surface area contributed by atoms with E-state index in [4.69, 9.17) is 5.11 Å². The summed E-state index contributed by atoms with van der Waals surface area (Å²) in [5, 5.41) is 8.46. The number of unbranched alkanes of at least 4 members (excludes halogenated alkanes) is 6. The summed E-state index contributed by atoms with van der Waals surface area (Å²) in [6.07, 6.45) is 7.94. The minimum atomic E-state index is -0.174. The van der Waals surface area contributed by atoms with Crippen molar-refractivity contribution in [2.75, 3.05) is 13.3 Å². The van der Waals surface area contributed by atoms with Crippen molar-refractivity contribution in [1.82, 2.24) is 0 Å². The summed E-state index contributed by atoms with van der Waals surface area (Å²) in [7, 11) is 0. The van der Waals surface area contributed by atoms with Crippen molar-refractivity contribution in [3.63, 3.8) is 0 Å². The molecule has 0 radical (unpaired) electrons. The predicted octanol–water partition coefficient (Wildman–Crippen LogP) is 3.07. The third-order valence-corrected chi connectivity index (χ3v) is 2.05. The second-order valence-corrected chi connectivity index (χ2v) is 3.39. The van der Waals surface area contributed by atoms with E-state index in [1.807, 2.05) is 0 Å². The summed E-state index contributed by atoms with van der Waals surface area (Å²) >= 11 is 0. The molecular formula is C12H21FO. The first kappa shape index (κ1) is 13.4. The number of aliphatic hydroxyl groups excluding tert-OH is 1. The Bertz CT molecular complexity index is 157. The van der Waals surface area contributed by atoms with Gasteiger partial charge in [0.1, 0.15) is 0 Å². The Morgan fingerprint density at radius 2 is 1.36 bits per heavy atom. The van der Waals surface area contributed by atoms with E-state index in [-0.39, 0.29) is 13.3 Å². The number of alkyl halides is 1. The van der Waals surface area contributed by atoms with Crippen molar-refractivity contribution in [3.05, 3.63) is 0 Å². The van der Waals surface area contributed by atoms with Gasteiger partial charge in [-0.15, -0.1) is 11.8 Å². The quantitative estimate of drug-likeness (QED) is 0.471. The lowest BCUT2D eigenvalue weighted by atomic mass is 10.1. The highest BCUT2D eigenvalue weighted by molar-refractivity contribution is 4.98. The van der Waals surface area contributed by atoms with Gasteiger partial charge in [-0.2, -0.15) is 0 Å². The molecule has 1 N–H and O–H groups in total. The molecule has 0 aromatic carbocycles. The molecule has 0 aliphatic rings. The molecule has 82 valence electrons. The van der Waals surface area contributed by atoms with Gasteiger partial charge in [0.15, 0.2) is 0 Å². The van der Waals surface area contributed by atoms with Crippen LogP contribution in [0.25, 0.3) is 0 Å².